The minimum absolute atomic E-state index is 0.0871. The van der Waals surface area contributed by atoms with Crippen molar-refractivity contribution < 1.29 is 45.3 Å². The predicted octanol–water partition coefficient (Wildman–Crippen LogP) is 7.22. The molecule has 9 nitrogen and oxygen atoms in total. The van der Waals surface area contributed by atoms with Crippen LogP contribution < -0.4 is 14.4 Å². The number of alkyl halides is 6. The number of aromatic nitrogens is 2. The third-order valence-corrected chi connectivity index (χ3v) is 9.33. The molecule has 16 heteroatoms. The Balaban J connectivity index is 1.41. The summed E-state index contributed by atoms with van der Waals surface area (Å²) in [5.41, 5.74) is -0.109. The molecule has 4 heterocycles. The summed E-state index contributed by atoms with van der Waals surface area (Å²) in [6, 6.07) is 1.62. The van der Waals surface area contributed by atoms with E-state index in [9.17, 15) is 31.1 Å². The van der Waals surface area contributed by atoms with Crippen LogP contribution in [-0.2, 0) is 4.74 Å². The van der Waals surface area contributed by atoms with Crippen LogP contribution in [0.1, 0.15) is 52.0 Å². The maximum absolute atomic E-state index is 13.3. The van der Waals surface area contributed by atoms with Crippen LogP contribution in [0.2, 0.25) is 0 Å². The number of ether oxygens (including phenoxy) is 3. The SMILES string of the molecule is C=Cc1cc2c(N3CCC4(CC3)CN(C(=O)OC(C)(C)C)C4)nc(OC3CCN(CC(F)(F)F)CC3)nc2c(OCC(F)(F)F)c1Br. The molecule has 1 aromatic carbocycles. The normalized spacial score (nSPS) is 19.5. The second-order valence-electron chi connectivity index (χ2n) is 13.5. The minimum atomic E-state index is -4.62. The second-order valence-corrected chi connectivity index (χ2v) is 14.3. The van der Waals surface area contributed by atoms with Gasteiger partial charge in [0.25, 0.3) is 0 Å². The number of piperidine rings is 2. The Labute approximate surface area is 277 Å². The summed E-state index contributed by atoms with van der Waals surface area (Å²) in [5, 5.41) is 0.438. The first kappa shape index (κ1) is 35.3. The van der Waals surface area contributed by atoms with E-state index in [1.165, 1.54) is 11.0 Å². The molecule has 1 spiro atoms. The molecule has 0 bridgehead atoms. The van der Waals surface area contributed by atoms with Gasteiger partial charge in [-0.05, 0) is 74.0 Å². The van der Waals surface area contributed by atoms with Crippen LogP contribution in [0.25, 0.3) is 17.0 Å². The lowest BCUT2D eigenvalue weighted by atomic mass is 9.72. The zero-order valence-electron chi connectivity index (χ0n) is 26.4. The fourth-order valence-corrected chi connectivity index (χ4v) is 6.82. The van der Waals surface area contributed by atoms with Crippen molar-refractivity contribution in [2.24, 2.45) is 5.41 Å². The van der Waals surface area contributed by atoms with Crippen LogP contribution in [0, 0.1) is 5.41 Å². The molecule has 5 rings (SSSR count). The van der Waals surface area contributed by atoms with E-state index in [0.717, 1.165) is 12.8 Å². The number of carbonyl (C=O) groups excluding carboxylic acids is 1. The second kappa shape index (κ2) is 13.1. The van der Waals surface area contributed by atoms with Gasteiger partial charge in [0.2, 0.25) is 0 Å². The lowest BCUT2D eigenvalue weighted by Crippen LogP contribution is -2.62. The highest BCUT2D eigenvalue weighted by atomic mass is 79.9. The summed E-state index contributed by atoms with van der Waals surface area (Å²) < 4.78 is 95.6. The third kappa shape index (κ3) is 8.72. The molecule has 0 aliphatic carbocycles. The van der Waals surface area contributed by atoms with Crippen molar-refractivity contribution in [3.8, 4) is 11.8 Å². The van der Waals surface area contributed by atoms with E-state index in [4.69, 9.17) is 19.2 Å². The van der Waals surface area contributed by atoms with E-state index in [-0.39, 0.29) is 46.3 Å². The van der Waals surface area contributed by atoms with Crippen molar-refractivity contribution in [1.82, 2.24) is 19.8 Å². The number of benzene rings is 1. The van der Waals surface area contributed by atoms with Crippen molar-refractivity contribution in [1.29, 1.82) is 0 Å². The lowest BCUT2D eigenvalue weighted by Gasteiger charge is -2.53. The van der Waals surface area contributed by atoms with Gasteiger partial charge in [-0.15, -0.1) is 0 Å². The van der Waals surface area contributed by atoms with Gasteiger partial charge in [0, 0.05) is 50.1 Å². The maximum atomic E-state index is 13.3. The van der Waals surface area contributed by atoms with Gasteiger partial charge in [-0.2, -0.15) is 36.3 Å². The Morgan fingerprint density at radius 2 is 1.68 bits per heavy atom. The average molecular weight is 739 g/mol. The topological polar surface area (TPSA) is 80.3 Å². The molecule has 2 aromatic rings. The van der Waals surface area contributed by atoms with Gasteiger partial charge < -0.3 is 24.0 Å². The number of hydrogen-bond acceptors (Lipinski definition) is 8. The number of nitrogens with zero attached hydrogens (tertiary/aromatic N) is 5. The van der Waals surface area contributed by atoms with Gasteiger partial charge in [0.15, 0.2) is 12.4 Å². The van der Waals surface area contributed by atoms with Crippen LogP contribution in [0.4, 0.5) is 37.0 Å². The highest BCUT2D eigenvalue weighted by Gasteiger charge is 2.48. The van der Waals surface area contributed by atoms with Crippen LogP contribution in [-0.4, -0.2) is 102 Å². The van der Waals surface area contributed by atoms with Gasteiger partial charge in [-0.3, -0.25) is 4.90 Å². The smallest absolute Gasteiger partial charge is 0.422 e. The molecule has 0 radical (unpaired) electrons. The van der Waals surface area contributed by atoms with Crippen molar-refractivity contribution in [3.63, 3.8) is 0 Å². The first-order chi connectivity index (χ1) is 21.8. The molecule has 0 saturated carbocycles. The fraction of sp³-hybridized carbons (Fsp3) is 0.645. The van der Waals surface area contributed by atoms with Gasteiger partial charge in [-0.25, -0.2) is 4.79 Å². The molecule has 260 valence electrons. The molecule has 0 N–H and O–H groups in total. The standard InChI is InChI=1S/C31H38BrF6N5O4/c1-5-19-14-21-23(24(22(19)32)45-18-31(36,37)38)39-26(46-20-6-10-41(11-7-20)17-30(33,34)35)40-25(21)42-12-8-29(9-13-42)15-43(16-29)27(44)47-28(2,3)4/h5,14,20H,1,6-13,15-18H2,2-4H3. The summed E-state index contributed by atoms with van der Waals surface area (Å²) in [7, 11) is 0. The monoisotopic (exact) mass is 737 g/mol. The van der Waals surface area contributed by atoms with E-state index < -0.39 is 37.2 Å². The van der Waals surface area contributed by atoms with Gasteiger partial charge in [-0.1, -0.05) is 12.7 Å². The van der Waals surface area contributed by atoms with Gasteiger partial charge in [0.1, 0.15) is 23.0 Å². The maximum Gasteiger partial charge on any atom is 0.422 e. The van der Waals surface area contributed by atoms with E-state index in [0.29, 0.717) is 55.8 Å². The molecule has 0 unspecified atom stereocenters. The Morgan fingerprint density at radius 3 is 2.23 bits per heavy atom. The number of halogens is 7. The van der Waals surface area contributed by atoms with Crippen LogP contribution in [0.3, 0.4) is 0 Å². The largest absolute Gasteiger partial charge is 0.481 e. The summed E-state index contributed by atoms with van der Waals surface area (Å²) in [6.45, 7) is 9.19. The van der Waals surface area contributed by atoms with Crippen molar-refractivity contribution >= 4 is 44.8 Å². The van der Waals surface area contributed by atoms with E-state index in [1.807, 2.05) is 25.7 Å². The Kier molecular flexibility index (Phi) is 9.86. The number of anilines is 1. The molecular weight excluding hydrogens is 700 g/mol. The molecule has 0 atom stereocenters. The van der Waals surface area contributed by atoms with E-state index in [1.54, 1.807) is 11.0 Å². The number of rotatable bonds is 7. The zero-order chi connectivity index (χ0) is 34.4. The Hall–Kier alpha value is -3.01. The molecule has 1 aromatic heterocycles. The molecule has 47 heavy (non-hydrogen) atoms. The van der Waals surface area contributed by atoms with Gasteiger partial charge >= 0.3 is 24.5 Å². The van der Waals surface area contributed by atoms with E-state index >= 15 is 0 Å². The summed E-state index contributed by atoms with van der Waals surface area (Å²) >= 11 is 3.35. The number of hydrogen-bond donors (Lipinski definition) is 0. The summed E-state index contributed by atoms with van der Waals surface area (Å²) in [6.07, 6.45) is -6.24. The molecule has 3 fully saturated rings. The Morgan fingerprint density at radius 1 is 1.04 bits per heavy atom. The minimum Gasteiger partial charge on any atom is -0.481 e. The first-order valence-corrected chi connectivity index (χ1v) is 16.2. The molecular formula is C31H38BrF6N5O4. The molecule has 3 saturated heterocycles. The summed E-state index contributed by atoms with van der Waals surface area (Å²) in [5.74, 6) is 0.286. The number of carbonyl (C=O) groups is 1. The van der Waals surface area contributed by atoms with Gasteiger partial charge in [0.05, 0.1) is 11.0 Å². The summed E-state index contributed by atoms with van der Waals surface area (Å²) in [4.78, 5) is 26.7. The van der Waals surface area contributed by atoms with Crippen molar-refractivity contribution in [2.45, 2.75) is 70.5 Å². The van der Waals surface area contributed by atoms with Crippen LogP contribution in [0.15, 0.2) is 17.1 Å². The zero-order valence-corrected chi connectivity index (χ0v) is 28.0. The average Bonchev–Trinajstić information content (AvgIpc) is 2.94. The highest BCUT2D eigenvalue weighted by Crippen LogP contribution is 2.45. The van der Waals surface area contributed by atoms with Crippen molar-refractivity contribution in [2.75, 3.05) is 57.3 Å². The number of likely N-dealkylation sites (tertiary alicyclic amines) is 2. The predicted molar refractivity (Wildman–Crippen MR) is 167 cm³/mol. The van der Waals surface area contributed by atoms with E-state index in [2.05, 4.69) is 27.5 Å². The third-order valence-electron chi connectivity index (χ3n) is 8.51. The molecule has 1 amide bonds. The fourth-order valence-electron chi connectivity index (χ4n) is 6.24. The number of fused-ring (bicyclic) bond motifs is 1. The number of amides is 1. The van der Waals surface area contributed by atoms with Crippen molar-refractivity contribution in [3.05, 3.63) is 22.7 Å². The van der Waals surface area contributed by atoms with Crippen LogP contribution >= 0.6 is 15.9 Å². The highest BCUT2D eigenvalue weighted by molar-refractivity contribution is 9.10. The molecule has 3 aliphatic heterocycles. The van der Waals surface area contributed by atoms with Crippen LogP contribution in [0.5, 0.6) is 11.8 Å². The lowest BCUT2D eigenvalue weighted by molar-refractivity contribution is -0.153. The first-order valence-electron chi connectivity index (χ1n) is 15.4. The quantitative estimate of drug-likeness (QED) is 0.276. The molecule has 3 aliphatic rings. The Bertz CT molecular complexity index is 1470.